The number of carbonyl (C=O) groups excluding carboxylic acids is 2. The van der Waals surface area contributed by atoms with Gasteiger partial charge in [0.15, 0.2) is 0 Å². The minimum Gasteiger partial charge on any atom is -0.457 e. The van der Waals surface area contributed by atoms with E-state index in [0.717, 1.165) is 12.2 Å². The van der Waals surface area contributed by atoms with Gasteiger partial charge in [-0.15, -0.1) is 0 Å². The third-order valence-corrected chi connectivity index (χ3v) is 3.38. The van der Waals surface area contributed by atoms with Crippen LogP contribution in [0.15, 0.2) is 73.8 Å². The average Bonchev–Trinajstić information content (AvgIpc) is 2.70. The molecule has 29 heavy (non-hydrogen) atoms. The zero-order chi connectivity index (χ0) is 21.2. The van der Waals surface area contributed by atoms with Gasteiger partial charge < -0.3 is 23.7 Å². The van der Waals surface area contributed by atoms with Crippen LogP contribution in [0.1, 0.15) is 13.8 Å². The molecule has 0 saturated heterocycles. The smallest absolute Gasteiger partial charge is 0.333 e. The highest BCUT2D eigenvalue weighted by molar-refractivity contribution is 5.81. The number of carbonyl (C=O) groups is 2. The largest absolute Gasteiger partial charge is 0.457 e. The Morgan fingerprint density at radius 1 is 0.690 bits per heavy atom. The Labute approximate surface area is 169 Å². The molecule has 0 aliphatic heterocycles. The predicted molar refractivity (Wildman–Crippen MR) is 106 cm³/mol. The van der Waals surface area contributed by atoms with Gasteiger partial charge in [-0.1, -0.05) is 13.2 Å². The SMILES string of the molecule is C=CC(=O)OC(C)Oc1ccc(Oc2ccc(OC(C)OC(=O)C=C)cc2)cc1. The number of hydrogen-bond acceptors (Lipinski definition) is 7. The summed E-state index contributed by atoms with van der Waals surface area (Å²) in [5, 5.41) is 0. The van der Waals surface area contributed by atoms with Crippen molar-refractivity contribution in [2.45, 2.75) is 26.4 Å². The van der Waals surface area contributed by atoms with E-state index < -0.39 is 24.5 Å². The summed E-state index contributed by atoms with van der Waals surface area (Å²) < 4.78 is 26.6. The van der Waals surface area contributed by atoms with Crippen molar-refractivity contribution in [3.05, 3.63) is 73.8 Å². The minimum absolute atomic E-state index is 0.522. The third-order valence-electron chi connectivity index (χ3n) is 3.38. The molecule has 152 valence electrons. The fraction of sp³-hybridized carbons (Fsp3) is 0.182. The molecular formula is C22H22O7. The molecule has 0 heterocycles. The molecule has 0 bridgehead atoms. The van der Waals surface area contributed by atoms with Crippen molar-refractivity contribution in [3.8, 4) is 23.0 Å². The molecule has 2 rings (SSSR count). The topological polar surface area (TPSA) is 80.3 Å². The molecule has 0 aliphatic rings. The molecule has 0 spiro atoms. The molecule has 7 nitrogen and oxygen atoms in total. The second kappa shape index (κ2) is 10.6. The zero-order valence-electron chi connectivity index (χ0n) is 16.2. The van der Waals surface area contributed by atoms with Crippen LogP contribution < -0.4 is 14.2 Å². The van der Waals surface area contributed by atoms with E-state index in [1.54, 1.807) is 62.4 Å². The van der Waals surface area contributed by atoms with E-state index in [1.807, 2.05) is 0 Å². The first-order chi connectivity index (χ1) is 13.9. The maximum atomic E-state index is 11.1. The van der Waals surface area contributed by atoms with E-state index in [2.05, 4.69) is 13.2 Å². The van der Waals surface area contributed by atoms with Crippen molar-refractivity contribution < 1.29 is 33.3 Å². The second-order valence-corrected chi connectivity index (χ2v) is 5.70. The van der Waals surface area contributed by atoms with Gasteiger partial charge in [0.05, 0.1) is 0 Å². The Hall–Kier alpha value is -3.74. The van der Waals surface area contributed by atoms with Crippen LogP contribution in [0.5, 0.6) is 23.0 Å². The van der Waals surface area contributed by atoms with E-state index in [4.69, 9.17) is 23.7 Å². The first-order valence-electron chi connectivity index (χ1n) is 8.77. The predicted octanol–water partition coefficient (Wildman–Crippen LogP) is 4.39. The standard InChI is InChI=1S/C22H22O7/c1-5-21(23)27-15(3)25-17-7-11-19(12-8-17)29-20-13-9-18(10-14-20)26-16(4)28-22(24)6-2/h5-16H,1-2H2,3-4H3. The molecule has 0 aliphatic carbocycles. The summed E-state index contributed by atoms with van der Waals surface area (Å²) in [6, 6.07) is 13.7. The summed E-state index contributed by atoms with van der Waals surface area (Å²) in [4.78, 5) is 22.3. The molecule has 2 aromatic rings. The molecule has 0 fully saturated rings. The summed E-state index contributed by atoms with van der Waals surface area (Å²) >= 11 is 0. The monoisotopic (exact) mass is 398 g/mol. The van der Waals surface area contributed by atoms with Crippen molar-refractivity contribution in [1.82, 2.24) is 0 Å². The molecule has 2 atom stereocenters. The first kappa shape index (κ1) is 21.6. The number of rotatable bonds is 10. The van der Waals surface area contributed by atoms with Crippen LogP contribution in [0.4, 0.5) is 0 Å². The van der Waals surface area contributed by atoms with Crippen LogP contribution >= 0.6 is 0 Å². The van der Waals surface area contributed by atoms with E-state index >= 15 is 0 Å². The fourth-order valence-corrected chi connectivity index (χ4v) is 2.16. The molecule has 0 N–H and O–H groups in total. The lowest BCUT2D eigenvalue weighted by Gasteiger charge is -2.15. The van der Waals surface area contributed by atoms with E-state index in [-0.39, 0.29) is 0 Å². The third kappa shape index (κ3) is 7.42. The molecule has 0 saturated carbocycles. The highest BCUT2D eigenvalue weighted by atomic mass is 16.7. The summed E-state index contributed by atoms with van der Waals surface area (Å²) in [5.74, 6) is 1.11. The van der Waals surface area contributed by atoms with Crippen molar-refractivity contribution in [3.63, 3.8) is 0 Å². The first-order valence-corrected chi connectivity index (χ1v) is 8.77. The Balaban J connectivity index is 1.88. The van der Waals surface area contributed by atoms with Gasteiger partial charge in [-0.05, 0) is 48.5 Å². The van der Waals surface area contributed by atoms with Gasteiger partial charge >= 0.3 is 11.9 Å². The van der Waals surface area contributed by atoms with E-state index in [9.17, 15) is 9.59 Å². The number of hydrogen-bond donors (Lipinski definition) is 0. The highest BCUT2D eigenvalue weighted by Crippen LogP contribution is 2.26. The summed E-state index contributed by atoms with van der Waals surface area (Å²) in [6.07, 6.45) is 0.657. The summed E-state index contributed by atoms with van der Waals surface area (Å²) in [6.45, 7) is 9.87. The van der Waals surface area contributed by atoms with Gasteiger partial charge in [-0.3, -0.25) is 0 Å². The Morgan fingerprint density at radius 3 is 1.31 bits per heavy atom. The Bertz CT molecular complexity index is 769. The van der Waals surface area contributed by atoms with Crippen LogP contribution in [0.3, 0.4) is 0 Å². The number of ether oxygens (including phenoxy) is 5. The van der Waals surface area contributed by atoms with Crippen molar-refractivity contribution in [2.75, 3.05) is 0 Å². The lowest BCUT2D eigenvalue weighted by Crippen LogP contribution is -2.19. The van der Waals surface area contributed by atoms with Crippen molar-refractivity contribution >= 4 is 11.9 Å². The van der Waals surface area contributed by atoms with Crippen molar-refractivity contribution in [1.29, 1.82) is 0 Å². The highest BCUT2D eigenvalue weighted by Gasteiger charge is 2.09. The average molecular weight is 398 g/mol. The minimum atomic E-state index is -0.743. The van der Waals surface area contributed by atoms with Crippen LogP contribution in [-0.4, -0.2) is 24.5 Å². The lowest BCUT2D eigenvalue weighted by molar-refractivity contribution is -0.156. The number of benzene rings is 2. The molecular weight excluding hydrogens is 376 g/mol. The van der Waals surface area contributed by atoms with Gasteiger partial charge in [-0.2, -0.15) is 0 Å². The normalized spacial score (nSPS) is 12.1. The van der Waals surface area contributed by atoms with Crippen LogP contribution in [-0.2, 0) is 19.1 Å². The van der Waals surface area contributed by atoms with Crippen LogP contribution in [0.2, 0.25) is 0 Å². The van der Waals surface area contributed by atoms with E-state index in [1.165, 1.54) is 0 Å². The maximum absolute atomic E-state index is 11.1. The zero-order valence-corrected chi connectivity index (χ0v) is 16.2. The molecule has 0 radical (unpaired) electrons. The van der Waals surface area contributed by atoms with Gasteiger partial charge in [0.2, 0.25) is 12.6 Å². The van der Waals surface area contributed by atoms with Gasteiger partial charge in [0.25, 0.3) is 0 Å². The van der Waals surface area contributed by atoms with Gasteiger partial charge in [0.1, 0.15) is 23.0 Å². The van der Waals surface area contributed by atoms with Gasteiger partial charge in [-0.25, -0.2) is 9.59 Å². The Kier molecular flexibility index (Phi) is 7.85. The lowest BCUT2D eigenvalue weighted by atomic mass is 10.3. The summed E-state index contributed by atoms with van der Waals surface area (Å²) in [7, 11) is 0. The van der Waals surface area contributed by atoms with Crippen molar-refractivity contribution in [2.24, 2.45) is 0 Å². The van der Waals surface area contributed by atoms with Crippen LogP contribution in [0.25, 0.3) is 0 Å². The maximum Gasteiger partial charge on any atom is 0.333 e. The van der Waals surface area contributed by atoms with Gasteiger partial charge in [0, 0.05) is 26.0 Å². The summed E-state index contributed by atoms with van der Waals surface area (Å²) in [5.41, 5.74) is 0. The Morgan fingerprint density at radius 2 is 1.00 bits per heavy atom. The molecule has 0 aromatic heterocycles. The second-order valence-electron chi connectivity index (χ2n) is 5.70. The van der Waals surface area contributed by atoms with E-state index in [0.29, 0.717) is 23.0 Å². The molecule has 0 amide bonds. The molecule has 7 heteroatoms. The molecule has 2 aromatic carbocycles. The molecule has 2 unspecified atom stereocenters. The quantitative estimate of drug-likeness (QED) is 0.334. The van der Waals surface area contributed by atoms with Crippen LogP contribution in [0, 0.1) is 0 Å². The fourth-order valence-electron chi connectivity index (χ4n) is 2.16. The number of esters is 2.